The van der Waals surface area contributed by atoms with E-state index < -0.39 is 15.6 Å². The van der Waals surface area contributed by atoms with E-state index >= 15 is 0 Å². The molecule has 0 bridgehead atoms. The van der Waals surface area contributed by atoms with Gasteiger partial charge >= 0.3 is 0 Å². The first-order valence-corrected chi connectivity index (χ1v) is 6.27. The first-order chi connectivity index (χ1) is 7.25. The van der Waals surface area contributed by atoms with Crippen molar-refractivity contribution in [3.8, 4) is 0 Å². The monoisotopic (exact) mass is 256 g/mol. The SMILES string of the molecule is C=CCOCC(C)O.CCC(O)S(=O)(=O)O. The van der Waals surface area contributed by atoms with Crippen molar-refractivity contribution in [2.45, 2.75) is 31.8 Å². The van der Waals surface area contributed by atoms with E-state index in [1.165, 1.54) is 6.92 Å². The average Bonchev–Trinajstić information content (AvgIpc) is 2.16. The van der Waals surface area contributed by atoms with E-state index in [0.29, 0.717) is 13.2 Å². The second kappa shape index (κ2) is 9.73. The van der Waals surface area contributed by atoms with Crippen molar-refractivity contribution in [2.75, 3.05) is 13.2 Å². The number of aliphatic hydroxyl groups is 2. The van der Waals surface area contributed by atoms with Crippen LogP contribution in [0.4, 0.5) is 0 Å². The van der Waals surface area contributed by atoms with Crippen LogP contribution in [0.15, 0.2) is 12.7 Å². The zero-order valence-corrected chi connectivity index (χ0v) is 10.4. The van der Waals surface area contributed by atoms with E-state index in [4.69, 9.17) is 19.5 Å². The van der Waals surface area contributed by atoms with Gasteiger partial charge in [0.05, 0.1) is 19.3 Å². The number of rotatable bonds is 6. The number of aliphatic hydroxyl groups excluding tert-OH is 2. The van der Waals surface area contributed by atoms with Crippen LogP contribution in [0, 0.1) is 0 Å². The summed E-state index contributed by atoms with van der Waals surface area (Å²) in [5.41, 5.74) is -1.62. The summed E-state index contributed by atoms with van der Waals surface area (Å²) < 4.78 is 32.6. The molecule has 6 nitrogen and oxygen atoms in total. The minimum absolute atomic E-state index is 0.0127. The largest absolute Gasteiger partial charge is 0.391 e. The Balaban J connectivity index is 0. The van der Waals surface area contributed by atoms with Crippen molar-refractivity contribution in [2.24, 2.45) is 0 Å². The van der Waals surface area contributed by atoms with Gasteiger partial charge in [0.15, 0.2) is 5.44 Å². The highest BCUT2D eigenvalue weighted by Crippen LogP contribution is 1.96. The normalized spacial score (nSPS) is 14.6. The van der Waals surface area contributed by atoms with Crippen molar-refractivity contribution in [1.29, 1.82) is 0 Å². The Bertz CT molecular complexity index is 259. The Hall–Kier alpha value is -0.470. The van der Waals surface area contributed by atoms with Crippen LogP contribution in [-0.2, 0) is 14.9 Å². The fourth-order valence-corrected chi connectivity index (χ4v) is 0.954. The van der Waals surface area contributed by atoms with Crippen LogP contribution in [0.1, 0.15) is 20.3 Å². The van der Waals surface area contributed by atoms with Gasteiger partial charge in [0.25, 0.3) is 10.1 Å². The molecule has 98 valence electrons. The minimum Gasteiger partial charge on any atom is -0.391 e. The van der Waals surface area contributed by atoms with Gasteiger partial charge in [-0.05, 0) is 13.3 Å². The topological polar surface area (TPSA) is 104 Å². The van der Waals surface area contributed by atoms with Gasteiger partial charge in [-0.3, -0.25) is 4.55 Å². The van der Waals surface area contributed by atoms with Crippen molar-refractivity contribution >= 4 is 10.1 Å². The first-order valence-electron chi connectivity index (χ1n) is 4.76. The lowest BCUT2D eigenvalue weighted by Gasteiger charge is -2.01. The molecule has 2 atom stereocenters. The van der Waals surface area contributed by atoms with Gasteiger partial charge in [-0.2, -0.15) is 8.42 Å². The summed E-state index contributed by atoms with van der Waals surface area (Å²) in [5, 5.41) is 17.0. The zero-order valence-electron chi connectivity index (χ0n) is 9.54. The van der Waals surface area contributed by atoms with E-state index in [1.54, 1.807) is 13.0 Å². The van der Waals surface area contributed by atoms with Crippen molar-refractivity contribution in [1.82, 2.24) is 0 Å². The molecule has 7 heteroatoms. The first kappa shape index (κ1) is 17.9. The standard InChI is InChI=1S/C6H12O2.C3H8O4S/c1-3-4-8-5-6(2)7;1-2-3(4)8(5,6)7/h3,6-7H,1,4-5H2,2H3;3-4H,2H2,1H3,(H,5,6,7). The predicted octanol–water partition coefficient (Wildman–Crippen LogP) is 0.172. The molecule has 0 aromatic heterocycles. The Morgan fingerprint density at radius 3 is 2.12 bits per heavy atom. The molecule has 0 radical (unpaired) electrons. The Morgan fingerprint density at radius 2 is 1.94 bits per heavy atom. The van der Waals surface area contributed by atoms with Gasteiger partial charge in [-0.25, -0.2) is 0 Å². The summed E-state index contributed by atoms with van der Waals surface area (Å²) in [5.74, 6) is 0. The number of hydrogen-bond acceptors (Lipinski definition) is 5. The molecule has 16 heavy (non-hydrogen) atoms. The van der Waals surface area contributed by atoms with E-state index in [-0.39, 0.29) is 12.5 Å². The molecule has 0 aromatic rings. The summed E-state index contributed by atoms with van der Waals surface area (Å²) in [6.45, 7) is 7.50. The molecule has 0 saturated carbocycles. The van der Waals surface area contributed by atoms with Crippen LogP contribution in [0.25, 0.3) is 0 Å². The van der Waals surface area contributed by atoms with Crippen LogP contribution in [0.2, 0.25) is 0 Å². The molecule has 0 aliphatic carbocycles. The molecule has 0 aliphatic heterocycles. The molecule has 2 unspecified atom stereocenters. The van der Waals surface area contributed by atoms with Crippen molar-refractivity contribution in [3.05, 3.63) is 12.7 Å². The van der Waals surface area contributed by atoms with Gasteiger partial charge in [0, 0.05) is 0 Å². The van der Waals surface area contributed by atoms with E-state index in [0.717, 1.165) is 0 Å². The number of hydrogen-bond donors (Lipinski definition) is 3. The third-order valence-electron chi connectivity index (χ3n) is 1.29. The molecule has 0 fully saturated rings. The summed E-state index contributed by atoms with van der Waals surface area (Å²) in [6, 6.07) is 0. The molecule has 0 spiro atoms. The molecular formula is C9H20O6S. The predicted molar refractivity (Wildman–Crippen MR) is 60.5 cm³/mol. The fourth-order valence-electron chi connectivity index (χ4n) is 0.533. The highest BCUT2D eigenvalue weighted by molar-refractivity contribution is 7.86. The molecule has 0 saturated heterocycles. The van der Waals surface area contributed by atoms with E-state index in [2.05, 4.69) is 6.58 Å². The van der Waals surface area contributed by atoms with E-state index in [1.807, 2.05) is 0 Å². The highest BCUT2D eigenvalue weighted by atomic mass is 32.2. The van der Waals surface area contributed by atoms with Crippen molar-refractivity contribution in [3.63, 3.8) is 0 Å². The van der Waals surface area contributed by atoms with Crippen LogP contribution in [0.5, 0.6) is 0 Å². The fraction of sp³-hybridized carbons (Fsp3) is 0.778. The molecular weight excluding hydrogens is 236 g/mol. The summed E-state index contributed by atoms with van der Waals surface area (Å²) >= 11 is 0. The van der Waals surface area contributed by atoms with E-state index in [9.17, 15) is 8.42 Å². The van der Waals surface area contributed by atoms with Crippen LogP contribution >= 0.6 is 0 Å². The Labute approximate surface area is 96.3 Å². The lowest BCUT2D eigenvalue weighted by molar-refractivity contribution is 0.0599. The molecule has 0 rings (SSSR count). The summed E-state index contributed by atoms with van der Waals surface area (Å²) in [6.07, 6.45) is 1.30. The minimum atomic E-state index is -4.20. The van der Waals surface area contributed by atoms with Gasteiger partial charge in [-0.15, -0.1) is 6.58 Å². The lowest BCUT2D eigenvalue weighted by Crippen LogP contribution is -2.17. The maximum absolute atomic E-state index is 9.87. The Morgan fingerprint density at radius 1 is 1.44 bits per heavy atom. The summed E-state index contributed by atoms with van der Waals surface area (Å²) in [7, 11) is -4.20. The zero-order chi connectivity index (χ0) is 13.2. The molecule has 0 amide bonds. The third kappa shape index (κ3) is 13.5. The maximum atomic E-state index is 9.87. The van der Waals surface area contributed by atoms with Gasteiger partial charge in [-0.1, -0.05) is 13.0 Å². The lowest BCUT2D eigenvalue weighted by atomic mass is 10.4. The quantitative estimate of drug-likeness (QED) is 0.355. The Kier molecular flexibility index (Phi) is 10.9. The van der Waals surface area contributed by atoms with Crippen LogP contribution < -0.4 is 0 Å². The highest BCUT2D eigenvalue weighted by Gasteiger charge is 2.15. The second-order valence-electron chi connectivity index (χ2n) is 3.05. The number of ether oxygens (including phenoxy) is 1. The van der Waals surface area contributed by atoms with Crippen molar-refractivity contribution < 1.29 is 27.9 Å². The molecule has 3 N–H and O–H groups in total. The smallest absolute Gasteiger partial charge is 0.291 e. The van der Waals surface area contributed by atoms with Crippen LogP contribution in [0.3, 0.4) is 0 Å². The van der Waals surface area contributed by atoms with Gasteiger partial charge in [0.2, 0.25) is 0 Å². The van der Waals surface area contributed by atoms with Crippen LogP contribution in [-0.4, -0.2) is 47.9 Å². The molecule has 0 aliphatic rings. The summed E-state index contributed by atoms with van der Waals surface area (Å²) in [4.78, 5) is 0. The average molecular weight is 256 g/mol. The third-order valence-corrected chi connectivity index (χ3v) is 2.31. The molecule has 0 heterocycles. The molecule has 0 aromatic carbocycles. The van der Waals surface area contributed by atoms with Gasteiger partial charge < -0.3 is 14.9 Å². The second-order valence-corrected chi connectivity index (χ2v) is 4.63. The maximum Gasteiger partial charge on any atom is 0.291 e. The van der Waals surface area contributed by atoms with Gasteiger partial charge in [0.1, 0.15) is 0 Å².